The van der Waals surface area contributed by atoms with E-state index in [2.05, 4.69) is 132 Å². The molecule has 1 nitrogen and oxygen atoms in total. The highest BCUT2D eigenvalue weighted by molar-refractivity contribution is 7.27. The van der Waals surface area contributed by atoms with Gasteiger partial charge in [-0.1, -0.05) is 96.5 Å². The van der Waals surface area contributed by atoms with E-state index in [9.17, 15) is 0 Å². The first kappa shape index (κ1) is 22.6. The van der Waals surface area contributed by atoms with Gasteiger partial charge in [-0.3, -0.25) is 0 Å². The zero-order chi connectivity index (χ0) is 25.9. The Morgan fingerprint density at radius 2 is 1.15 bits per heavy atom. The second-order valence-corrected chi connectivity index (χ2v) is 11.4. The molecule has 0 aliphatic rings. The molecule has 1 heterocycles. The monoisotopic (exact) mass is 535 g/mol. The standard InChI is InChI=1S/C36H22ClNS/c37-25-15-18-31-33(21-25)29-12-6-7-13-30(29)35-32-19-17-28(22-34(32)39-36(31)35)38(26-10-2-1-3-11-26)27-16-14-23-8-4-5-9-24(23)20-27/h1-22H. The van der Waals surface area contributed by atoms with Gasteiger partial charge in [0.05, 0.1) is 0 Å². The van der Waals surface area contributed by atoms with Gasteiger partial charge in [-0.15, -0.1) is 11.3 Å². The molecule has 0 saturated heterocycles. The summed E-state index contributed by atoms with van der Waals surface area (Å²) in [5, 5.41) is 10.8. The molecule has 0 atom stereocenters. The van der Waals surface area contributed by atoms with Gasteiger partial charge in [-0.05, 0) is 75.5 Å². The molecule has 0 amide bonds. The van der Waals surface area contributed by atoms with Crippen molar-refractivity contribution in [1.29, 1.82) is 0 Å². The van der Waals surface area contributed by atoms with Crippen LogP contribution in [0.4, 0.5) is 17.1 Å². The van der Waals surface area contributed by atoms with Crippen LogP contribution in [0.5, 0.6) is 0 Å². The van der Waals surface area contributed by atoms with Crippen molar-refractivity contribution < 1.29 is 0 Å². The SMILES string of the molecule is Clc1ccc2c(c1)c1ccccc1c1c3ccc(N(c4ccccc4)c4ccc5ccccc5c4)cc3sc21. The summed E-state index contributed by atoms with van der Waals surface area (Å²) < 4.78 is 2.58. The average Bonchev–Trinajstić information content (AvgIpc) is 3.37. The molecule has 1 aromatic heterocycles. The number of nitrogens with zero attached hydrogens (tertiary/aromatic N) is 1. The van der Waals surface area contributed by atoms with Gasteiger partial charge in [0.15, 0.2) is 0 Å². The summed E-state index contributed by atoms with van der Waals surface area (Å²) in [5.74, 6) is 0. The lowest BCUT2D eigenvalue weighted by atomic mass is 9.97. The van der Waals surface area contributed by atoms with Gasteiger partial charge in [0, 0.05) is 47.6 Å². The second kappa shape index (κ2) is 8.84. The molecule has 3 heteroatoms. The summed E-state index contributed by atoms with van der Waals surface area (Å²) in [4.78, 5) is 2.35. The van der Waals surface area contributed by atoms with E-state index in [-0.39, 0.29) is 0 Å². The van der Waals surface area contributed by atoms with E-state index in [1.807, 2.05) is 17.4 Å². The summed E-state index contributed by atoms with van der Waals surface area (Å²) in [6, 6.07) is 47.8. The first-order valence-electron chi connectivity index (χ1n) is 13.0. The second-order valence-electron chi connectivity index (χ2n) is 9.92. The van der Waals surface area contributed by atoms with Gasteiger partial charge in [-0.25, -0.2) is 0 Å². The summed E-state index contributed by atoms with van der Waals surface area (Å²) in [7, 11) is 0. The minimum absolute atomic E-state index is 0.768. The number of thiophene rings is 1. The molecule has 0 aliphatic heterocycles. The lowest BCUT2D eigenvalue weighted by Gasteiger charge is -2.26. The van der Waals surface area contributed by atoms with E-state index in [0.717, 1.165) is 22.1 Å². The van der Waals surface area contributed by atoms with Crippen LogP contribution in [0.2, 0.25) is 5.02 Å². The molecule has 0 bridgehead atoms. The lowest BCUT2D eigenvalue weighted by molar-refractivity contribution is 1.30. The molecular weight excluding hydrogens is 514 g/mol. The maximum atomic E-state index is 6.46. The Balaban J connectivity index is 1.41. The van der Waals surface area contributed by atoms with Crippen LogP contribution in [0.15, 0.2) is 133 Å². The maximum absolute atomic E-state index is 6.46. The normalized spacial score (nSPS) is 11.7. The molecule has 39 heavy (non-hydrogen) atoms. The molecule has 0 saturated carbocycles. The fourth-order valence-corrected chi connectivity index (χ4v) is 7.36. The molecule has 8 aromatic rings. The Bertz CT molecular complexity index is 2200. The maximum Gasteiger partial charge on any atom is 0.0476 e. The van der Waals surface area contributed by atoms with Crippen molar-refractivity contribution in [2.45, 2.75) is 0 Å². The molecule has 0 N–H and O–H groups in total. The fraction of sp³-hybridized carbons (Fsp3) is 0. The summed E-state index contributed by atoms with van der Waals surface area (Å²) in [6.07, 6.45) is 0. The predicted molar refractivity (Wildman–Crippen MR) is 172 cm³/mol. The highest BCUT2D eigenvalue weighted by atomic mass is 35.5. The van der Waals surface area contributed by atoms with Gasteiger partial charge in [-0.2, -0.15) is 0 Å². The van der Waals surface area contributed by atoms with Gasteiger partial charge < -0.3 is 4.90 Å². The number of fused-ring (bicyclic) bond motifs is 9. The zero-order valence-corrected chi connectivity index (χ0v) is 22.5. The number of para-hydroxylation sites is 1. The first-order chi connectivity index (χ1) is 19.2. The Morgan fingerprint density at radius 3 is 2.03 bits per heavy atom. The van der Waals surface area contributed by atoms with Crippen molar-refractivity contribution in [2.24, 2.45) is 0 Å². The van der Waals surface area contributed by atoms with E-state index in [1.165, 1.54) is 52.5 Å². The number of benzene rings is 7. The van der Waals surface area contributed by atoms with Gasteiger partial charge in [0.2, 0.25) is 0 Å². The highest BCUT2D eigenvalue weighted by Gasteiger charge is 2.18. The van der Waals surface area contributed by atoms with Crippen molar-refractivity contribution in [3.63, 3.8) is 0 Å². The zero-order valence-electron chi connectivity index (χ0n) is 20.9. The smallest absolute Gasteiger partial charge is 0.0476 e. The van der Waals surface area contributed by atoms with Crippen molar-refractivity contribution in [3.8, 4) is 0 Å². The molecule has 184 valence electrons. The third kappa shape index (κ3) is 3.60. The van der Waals surface area contributed by atoms with Gasteiger partial charge in [0.25, 0.3) is 0 Å². The number of anilines is 3. The van der Waals surface area contributed by atoms with Gasteiger partial charge >= 0.3 is 0 Å². The van der Waals surface area contributed by atoms with Crippen molar-refractivity contribution in [2.75, 3.05) is 4.90 Å². The Labute approximate surface area is 235 Å². The van der Waals surface area contributed by atoms with Crippen LogP contribution in [0.1, 0.15) is 0 Å². The molecular formula is C36H22ClNS. The van der Waals surface area contributed by atoms with Crippen molar-refractivity contribution >= 4 is 92.5 Å². The largest absolute Gasteiger partial charge is 0.310 e. The Kier molecular flexibility index (Phi) is 5.12. The summed E-state index contributed by atoms with van der Waals surface area (Å²) >= 11 is 8.32. The Hall–Kier alpha value is -4.37. The summed E-state index contributed by atoms with van der Waals surface area (Å²) in [6.45, 7) is 0. The minimum Gasteiger partial charge on any atom is -0.310 e. The number of hydrogen-bond acceptors (Lipinski definition) is 2. The van der Waals surface area contributed by atoms with Crippen LogP contribution < -0.4 is 4.90 Å². The average molecular weight is 536 g/mol. The van der Waals surface area contributed by atoms with Crippen LogP contribution in [-0.4, -0.2) is 0 Å². The number of halogens is 1. The van der Waals surface area contributed by atoms with Crippen LogP contribution >= 0.6 is 22.9 Å². The number of hydrogen-bond donors (Lipinski definition) is 0. The lowest BCUT2D eigenvalue weighted by Crippen LogP contribution is -2.09. The topological polar surface area (TPSA) is 3.24 Å². The molecule has 0 unspecified atom stereocenters. The highest BCUT2D eigenvalue weighted by Crippen LogP contribution is 2.46. The van der Waals surface area contributed by atoms with Crippen LogP contribution in [0, 0.1) is 0 Å². The van der Waals surface area contributed by atoms with E-state index >= 15 is 0 Å². The quantitative estimate of drug-likeness (QED) is 0.203. The first-order valence-corrected chi connectivity index (χ1v) is 14.2. The third-order valence-corrected chi connectivity index (χ3v) is 9.07. The minimum atomic E-state index is 0.768. The predicted octanol–water partition coefficient (Wildman–Crippen LogP) is 11.6. The molecule has 7 aromatic carbocycles. The molecule has 8 rings (SSSR count). The molecule has 0 spiro atoms. The van der Waals surface area contributed by atoms with Crippen molar-refractivity contribution in [1.82, 2.24) is 0 Å². The van der Waals surface area contributed by atoms with Crippen LogP contribution in [-0.2, 0) is 0 Å². The Morgan fingerprint density at radius 1 is 0.462 bits per heavy atom. The van der Waals surface area contributed by atoms with Crippen LogP contribution in [0.3, 0.4) is 0 Å². The number of rotatable bonds is 3. The van der Waals surface area contributed by atoms with E-state index in [1.54, 1.807) is 0 Å². The summed E-state index contributed by atoms with van der Waals surface area (Å²) in [5.41, 5.74) is 3.43. The van der Waals surface area contributed by atoms with Crippen molar-refractivity contribution in [3.05, 3.63) is 138 Å². The fourth-order valence-electron chi connectivity index (χ4n) is 5.89. The molecule has 0 fully saturated rings. The van der Waals surface area contributed by atoms with Crippen LogP contribution in [0.25, 0.3) is 52.5 Å². The van der Waals surface area contributed by atoms with E-state index < -0.39 is 0 Å². The van der Waals surface area contributed by atoms with E-state index in [0.29, 0.717) is 0 Å². The van der Waals surface area contributed by atoms with E-state index in [4.69, 9.17) is 11.6 Å². The molecule has 0 radical (unpaired) electrons. The molecule has 0 aliphatic carbocycles. The third-order valence-electron chi connectivity index (χ3n) is 7.65. The van der Waals surface area contributed by atoms with Gasteiger partial charge in [0.1, 0.15) is 0 Å².